The molecule has 2 aromatic carbocycles. The fourth-order valence-corrected chi connectivity index (χ4v) is 2.07. The molecule has 1 amide bonds. The third kappa shape index (κ3) is 4.43. The van der Waals surface area contributed by atoms with Gasteiger partial charge >= 0.3 is 6.18 Å². The van der Waals surface area contributed by atoms with Crippen molar-refractivity contribution in [3.05, 3.63) is 59.7 Å². The summed E-state index contributed by atoms with van der Waals surface area (Å²) in [6.45, 7) is 0. The van der Waals surface area contributed by atoms with E-state index in [1.54, 1.807) is 12.1 Å². The number of rotatable bonds is 3. The zero-order chi connectivity index (χ0) is 17.0. The second-order valence-corrected chi connectivity index (χ2v) is 4.97. The van der Waals surface area contributed by atoms with Gasteiger partial charge in [0.1, 0.15) is 0 Å². The number of thiocarbonyl (C=S) groups is 1. The molecule has 0 unspecified atom stereocenters. The number of carbonyl (C=O) groups is 1. The first-order valence-corrected chi connectivity index (χ1v) is 6.82. The monoisotopic (exact) mass is 339 g/mol. The van der Waals surface area contributed by atoms with Gasteiger partial charge in [0.25, 0.3) is 0 Å². The van der Waals surface area contributed by atoms with Crippen LogP contribution in [0.3, 0.4) is 0 Å². The summed E-state index contributed by atoms with van der Waals surface area (Å²) in [5.41, 5.74) is 4.99. The highest BCUT2D eigenvalue weighted by atomic mass is 32.1. The Hall–Kier alpha value is -2.61. The summed E-state index contributed by atoms with van der Waals surface area (Å²) >= 11 is 5.00. The van der Waals surface area contributed by atoms with Gasteiger partial charge in [0.2, 0.25) is 5.91 Å². The van der Waals surface area contributed by atoms with Crippen molar-refractivity contribution in [2.24, 2.45) is 5.73 Å². The van der Waals surface area contributed by atoms with Crippen molar-refractivity contribution in [1.29, 1.82) is 0 Å². The maximum absolute atomic E-state index is 12.9. The minimum Gasteiger partial charge on any atom is -0.366 e. The Bertz CT molecular complexity index is 729. The smallest absolute Gasteiger partial charge is 0.366 e. The molecule has 120 valence electrons. The Labute approximate surface area is 135 Å². The van der Waals surface area contributed by atoms with Gasteiger partial charge in [-0.3, -0.25) is 4.79 Å². The molecule has 0 aliphatic heterocycles. The van der Waals surface area contributed by atoms with Gasteiger partial charge in [-0.25, -0.2) is 0 Å². The number of nitrogens with one attached hydrogen (secondary N) is 2. The fraction of sp³-hybridized carbons (Fsp3) is 0.0667. The van der Waals surface area contributed by atoms with Gasteiger partial charge in [0.15, 0.2) is 5.11 Å². The normalized spacial score (nSPS) is 10.9. The summed E-state index contributed by atoms with van der Waals surface area (Å²) in [7, 11) is 0. The molecule has 0 saturated heterocycles. The van der Waals surface area contributed by atoms with E-state index < -0.39 is 17.6 Å². The molecule has 8 heteroatoms. The van der Waals surface area contributed by atoms with Crippen LogP contribution < -0.4 is 16.4 Å². The van der Waals surface area contributed by atoms with Gasteiger partial charge in [0, 0.05) is 11.3 Å². The second kappa shape index (κ2) is 6.66. The summed E-state index contributed by atoms with van der Waals surface area (Å²) in [6.07, 6.45) is -4.48. The molecule has 0 atom stereocenters. The Morgan fingerprint density at radius 3 is 2.17 bits per heavy atom. The van der Waals surface area contributed by atoms with Crippen molar-refractivity contribution in [3.8, 4) is 0 Å². The van der Waals surface area contributed by atoms with Crippen molar-refractivity contribution in [3.63, 3.8) is 0 Å². The zero-order valence-corrected chi connectivity index (χ0v) is 12.5. The molecule has 0 saturated carbocycles. The molecule has 0 heterocycles. The molecular formula is C15H12F3N3OS. The largest absolute Gasteiger partial charge is 0.418 e. The number of anilines is 2. The van der Waals surface area contributed by atoms with Crippen LogP contribution in [-0.4, -0.2) is 11.0 Å². The highest BCUT2D eigenvalue weighted by Gasteiger charge is 2.33. The first kappa shape index (κ1) is 16.8. The average Bonchev–Trinajstić information content (AvgIpc) is 2.47. The lowest BCUT2D eigenvalue weighted by molar-refractivity contribution is -0.136. The summed E-state index contributed by atoms with van der Waals surface area (Å²) in [4.78, 5) is 11.0. The molecular weight excluding hydrogens is 327 g/mol. The molecule has 0 aromatic heterocycles. The number of nitrogens with two attached hydrogens (primary N) is 1. The Morgan fingerprint density at radius 2 is 1.61 bits per heavy atom. The molecule has 0 fully saturated rings. The standard InChI is InChI=1S/C15H12F3N3OS/c16-15(17,18)11-3-1-2-4-12(11)21-14(23)20-10-7-5-9(6-8-10)13(19)22/h1-8H,(H2,19,22)(H2,20,21,23). The number of carbonyl (C=O) groups excluding carboxylic acids is 1. The van der Waals surface area contributed by atoms with E-state index in [0.29, 0.717) is 11.3 Å². The van der Waals surface area contributed by atoms with E-state index >= 15 is 0 Å². The van der Waals surface area contributed by atoms with Crippen LogP contribution in [0.25, 0.3) is 0 Å². The van der Waals surface area contributed by atoms with E-state index in [0.717, 1.165) is 6.07 Å². The lowest BCUT2D eigenvalue weighted by atomic mass is 10.1. The van der Waals surface area contributed by atoms with Crippen LogP contribution in [0.2, 0.25) is 0 Å². The van der Waals surface area contributed by atoms with Crippen molar-refractivity contribution < 1.29 is 18.0 Å². The topological polar surface area (TPSA) is 67.2 Å². The van der Waals surface area contributed by atoms with Crippen molar-refractivity contribution in [2.45, 2.75) is 6.18 Å². The molecule has 4 N–H and O–H groups in total. The van der Waals surface area contributed by atoms with E-state index in [4.69, 9.17) is 18.0 Å². The van der Waals surface area contributed by atoms with Crippen LogP contribution in [0.5, 0.6) is 0 Å². The molecule has 4 nitrogen and oxygen atoms in total. The molecule has 0 spiro atoms. The fourth-order valence-electron chi connectivity index (χ4n) is 1.84. The predicted molar refractivity (Wildman–Crippen MR) is 86.2 cm³/mol. The Morgan fingerprint density at radius 1 is 1.00 bits per heavy atom. The molecule has 2 aromatic rings. The van der Waals surface area contributed by atoms with Crippen LogP contribution in [-0.2, 0) is 6.18 Å². The number of halogens is 3. The molecule has 0 aliphatic carbocycles. The quantitative estimate of drug-likeness (QED) is 0.747. The minimum atomic E-state index is -4.48. The van der Waals surface area contributed by atoms with Gasteiger partial charge in [-0.15, -0.1) is 0 Å². The van der Waals surface area contributed by atoms with Crippen molar-refractivity contribution >= 4 is 34.6 Å². The number of hydrogen-bond acceptors (Lipinski definition) is 2. The van der Waals surface area contributed by atoms with E-state index in [9.17, 15) is 18.0 Å². The summed E-state index contributed by atoms with van der Waals surface area (Å²) in [5, 5.41) is 5.24. The first-order chi connectivity index (χ1) is 10.8. The lowest BCUT2D eigenvalue weighted by Gasteiger charge is -2.15. The van der Waals surface area contributed by atoms with E-state index in [1.807, 2.05) is 0 Å². The second-order valence-electron chi connectivity index (χ2n) is 4.56. The van der Waals surface area contributed by atoms with Gasteiger partial charge in [-0.2, -0.15) is 13.2 Å². The van der Waals surface area contributed by atoms with Crippen molar-refractivity contribution in [1.82, 2.24) is 0 Å². The predicted octanol–water partition coefficient (Wildman–Crippen LogP) is 3.61. The first-order valence-electron chi connectivity index (χ1n) is 6.41. The average molecular weight is 339 g/mol. The maximum Gasteiger partial charge on any atom is 0.418 e. The summed E-state index contributed by atoms with van der Waals surface area (Å²) < 4.78 is 38.7. The molecule has 0 bridgehead atoms. The number of hydrogen-bond donors (Lipinski definition) is 3. The SMILES string of the molecule is NC(=O)c1ccc(NC(=S)Nc2ccccc2C(F)(F)F)cc1. The van der Waals surface area contributed by atoms with Crippen LogP contribution >= 0.6 is 12.2 Å². The van der Waals surface area contributed by atoms with Crippen LogP contribution in [0.15, 0.2) is 48.5 Å². The van der Waals surface area contributed by atoms with Gasteiger partial charge < -0.3 is 16.4 Å². The third-order valence-corrected chi connectivity index (χ3v) is 3.11. The van der Waals surface area contributed by atoms with E-state index in [-0.39, 0.29) is 10.8 Å². The van der Waals surface area contributed by atoms with Gasteiger partial charge in [0.05, 0.1) is 11.3 Å². The molecule has 0 aliphatic rings. The van der Waals surface area contributed by atoms with Gasteiger partial charge in [-0.1, -0.05) is 12.1 Å². The highest BCUT2D eigenvalue weighted by Crippen LogP contribution is 2.34. The lowest BCUT2D eigenvalue weighted by Crippen LogP contribution is -2.21. The number of alkyl halides is 3. The van der Waals surface area contributed by atoms with E-state index in [2.05, 4.69) is 10.6 Å². The van der Waals surface area contributed by atoms with Crippen LogP contribution in [0.4, 0.5) is 24.5 Å². The summed E-state index contributed by atoms with van der Waals surface area (Å²) in [5.74, 6) is -0.573. The van der Waals surface area contributed by atoms with Gasteiger partial charge in [-0.05, 0) is 48.6 Å². The zero-order valence-electron chi connectivity index (χ0n) is 11.6. The number of amides is 1. The summed E-state index contributed by atoms with van der Waals surface area (Å²) in [6, 6.07) is 11.1. The highest BCUT2D eigenvalue weighted by molar-refractivity contribution is 7.80. The molecule has 2 rings (SSSR count). The van der Waals surface area contributed by atoms with Crippen molar-refractivity contribution in [2.75, 3.05) is 10.6 Å². The third-order valence-electron chi connectivity index (χ3n) is 2.91. The molecule has 0 radical (unpaired) electrons. The Kier molecular flexibility index (Phi) is 4.85. The number of primary amides is 1. The number of benzene rings is 2. The Balaban J connectivity index is 2.10. The van der Waals surface area contributed by atoms with Crippen LogP contribution in [0, 0.1) is 0 Å². The number of para-hydroxylation sites is 1. The van der Waals surface area contributed by atoms with Crippen LogP contribution in [0.1, 0.15) is 15.9 Å². The van der Waals surface area contributed by atoms with E-state index in [1.165, 1.54) is 30.3 Å². The molecule has 23 heavy (non-hydrogen) atoms. The minimum absolute atomic E-state index is 0.00600. The maximum atomic E-state index is 12.9.